The lowest BCUT2D eigenvalue weighted by Gasteiger charge is -2.35. The third kappa shape index (κ3) is 4.73. The predicted molar refractivity (Wildman–Crippen MR) is 98.2 cm³/mol. The average molecular weight is 331 g/mol. The van der Waals surface area contributed by atoms with Crippen LogP contribution in [0.1, 0.15) is 39.7 Å². The van der Waals surface area contributed by atoms with Crippen molar-refractivity contribution in [3.05, 3.63) is 23.8 Å². The van der Waals surface area contributed by atoms with Gasteiger partial charge in [0.15, 0.2) is 0 Å². The van der Waals surface area contributed by atoms with Gasteiger partial charge in [-0.25, -0.2) is 4.79 Å². The van der Waals surface area contributed by atoms with Gasteiger partial charge in [0.25, 0.3) is 0 Å². The molecule has 1 fully saturated rings. The summed E-state index contributed by atoms with van der Waals surface area (Å²) in [6.45, 7) is 11.6. The molecule has 0 saturated carbocycles. The summed E-state index contributed by atoms with van der Waals surface area (Å²) in [7, 11) is 0. The van der Waals surface area contributed by atoms with Crippen molar-refractivity contribution in [1.82, 2.24) is 4.90 Å². The van der Waals surface area contributed by atoms with E-state index < -0.39 is 0 Å². The molecule has 1 saturated heterocycles. The number of hydrogen-bond acceptors (Lipinski definition) is 2. The van der Waals surface area contributed by atoms with Gasteiger partial charge in [0, 0.05) is 30.4 Å². The second kappa shape index (κ2) is 7.69. The largest absolute Gasteiger partial charge is 0.326 e. The van der Waals surface area contributed by atoms with Crippen molar-refractivity contribution in [3.8, 4) is 0 Å². The van der Waals surface area contributed by atoms with Crippen molar-refractivity contribution in [1.29, 1.82) is 0 Å². The summed E-state index contributed by atoms with van der Waals surface area (Å²) in [6.07, 6.45) is 1.17. The van der Waals surface area contributed by atoms with Gasteiger partial charge in [-0.05, 0) is 42.9 Å². The first-order valence-electron chi connectivity index (χ1n) is 8.73. The molecule has 3 amide bonds. The molecule has 2 rings (SSSR count). The van der Waals surface area contributed by atoms with Gasteiger partial charge < -0.3 is 15.5 Å². The topological polar surface area (TPSA) is 61.4 Å². The second-order valence-corrected chi connectivity index (χ2v) is 7.45. The van der Waals surface area contributed by atoms with E-state index in [1.165, 1.54) is 6.42 Å². The van der Waals surface area contributed by atoms with Crippen LogP contribution in [0, 0.1) is 24.7 Å². The Morgan fingerprint density at radius 2 is 1.75 bits per heavy atom. The summed E-state index contributed by atoms with van der Waals surface area (Å²) in [4.78, 5) is 26.3. The summed E-state index contributed by atoms with van der Waals surface area (Å²) in [5.41, 5.74) is 2.42. The fraction of sp³-hybridized carbons (Fsp3) is 0.579. The Balaban J connectivity index is 2.08. The standard InChI is InChI=1S/C19H29N3O2/c1-12(2)18(23)20-16-7-6-15(5)17(9-16)21-19(24)22-10-13(3)8-14(4)11-22/h6-7,9,12-14H,8,10-11H2,1-5H3,(H,20,23)(H,21,24)/t13-,14+. The molecule has 1 aliphatic heterocycles. The predicted octanol–water partition coefficient (Wildman–Crippen LogP) is 4.10. The molecule has 2 atom stereocenters. The molecule has 0 unspecified atom stereocenters. The number of rotatable bonds is 3. The van der Waals surface area contributed by atoms with Crippen molar-refractivity contribution in [2.75, 3.05) is 23.7 Å². The van der Waals surface area contributed by atoms with Crippen molar-refractivity contribution in [2.45, 2.75) is 41.0 Å². The molecule has 1 aliphatic rings. The second-order valence-electron chi connectivity index (χ2n) is 7.45. The van der Waals surface area contributed by atoms with Gasteiger partial charge in [-0.3, -0.25) is 4.79 Å². The quantitative estimate of drug-likeness (QED) is 0.876. The van der Waals surface area contributed by atoms with Gasteiger partial charge in [0.05, 0.1) is 0 Å². The number of carbonyl (C=O) groups is 2. The van der Waals surface area contributed by atoms with E-state index in [1.54, 1.807) is 0 Å². The Kier molecular flexibility index (Phi) is 5.86. The first-order chi connectivity index (χ1) is 11.3. The van der Waals surface area contributed by atoms with Crippen molar-refractivity contribution >= 4 is 23.3 Å². The molecule has 132 valence electrons. The van der Waals surface area contributed by atoms with Crippen molar-refractivity contribution < 1.29 is 9.59 Å². The number of urea groups is 1. The maximum absolute atomic E-state index is 12.6. The number of nitrogens with zero attached hydrogens (tertiary/aromatic N) is 1. The zero-order valence-corrected chi connectivity index (χ0v) is 15.3. The third-order valence-electron chi connectivity index (χ3n) is 4.43. The fourth-order valence-electron chi connectivity index (χ4n) is 3.14. The Morgan fingerprint density at radius 3 is 2.33 bits per heavy atom. The van der Waals surface area contributed by atoms with Gasteiger partial charge in [-0.2, -0.15) is 0 Å². The summed E-state index contributed by atoms with van der Waals surface area (Å²) in [5.74, 6) is 0.935. The van der Waals surface area contributed by atoms with E-state index in [2.05, 4.69) is 24.5 Å². The Morgan fingerprint density at radius 1 is 1.12 bits per heavy atom. The van der Waals surface area contributed by atoms with E-state index in [4.69, 9.17) is 0 Å². The van der Waals surface area contributed by atoms with Crippen LogP contribution in [0.3, 0.4) is 0 Å². The molecule has 2 N–H and O–H groups in total. The SMILES string of the molecule is Cc1ccc(NC(=O)C(C)C)cc1NC(=O)N1C[C@H](C)C[C@H](C)C1. The minimum atomic E-state index is -0.0827. The summed E-state index contributed by atoms with van der Waals surface area (Å²) < 4.78 is 0. The molecule has 5 heteroatoms. The first kappa shape index (κ1) is 18.3. The van der Waals surface area contributed by atoms with Crippen LogP contribution in [0.15, 0.2) is 18.2 Å². The van der Waals surface area contributed by atoms with Crippen LogP contribution in [0.25, 0.3) is 0 Å². The van der Waals surface area contributed by atoms with Crippen LogP contribution < -0.4 is 10.6 Å². The average Bonchev–Trinajstić information content (AvgIpc) is 2.49. The van der Waals surface area contributed by atoms with Gasteiger partial charge in [0.1, 0.15) is 0 Å². The van der Waals surface area contributed by atoms with Gasteiger partial charge in [0.2, 0.25) is 5.91 Å². The third-order valence-corrected chi connectivity index (χ3v) is 4.43. The number of carbonyl (C=O) groups excluding carboxylic acids is 2. The molecule has 5 nitrogen and oxygen atoms in total. The molecule has 0 bridgehead atoms. The molecule has 0 aliphatic carbocycles. The number of aryl methyl sites for hydroxylation is 1. The van der Waals surface area contributed by atoms with Gasteiger partial charge >= 0.3 is 6.03 Å². The highest BCUT2D eigenvalue weighted by Crippen LogP contribution is 2.24. The maximum Gasteiger partial charge on any atom is 0.321 e. The van der Waals surface area contributed by atoms with E-state index in [0.29, 0.717) is 17.5 Å². The van der Waals surface area contributed by atoms with Crippen LogP contribution in [0.5, 0.6) is 0 Å². The zero-order valence-electron chi connectivity index (χ0n) is 15.3. The van der Waals surface area contributed by atoms with Gasteiger partial charge in [-0.15, -0.1) is 0 Å². The first-order valence-corrected chi connectivity index (χ1v) is 8.73. The molecular formula is C19H29N3O2. The number of hydrogen-bond donors (Lipinski definition) is 2. The summed E-state index contributed by atoms with van der Waals surface area (Å²) in [5, 5.41) is 5.87. The number of benzene rings is 1. The summed E-state index contributed by atoms with van der Waals surface area (Å²) >= 11 is 0. The number of anilines is 2. The van der Waals surface area contributed by atoms with Crippen molar-refractivity contribution in [3.63, 3.8) is 0 Å². The van der Waals surface area contributed by atoms with E-state index >= 15 is 0 Å². The highest BCUT2D eigenvalue weighted by atomic mass is 16.2. The van der Waals surface area contributed by atoms with Gasteiger partial charge in [-0.1, -0.05) is 33.8 Å². The highest BCUT2D eigenvalue weighted by Gasteiger charge is 2.25. The molecular weight excluding hydrogens is 302 g/mol. The lowest BCUT2D eigenvalue weighted by molar-refractivity contribution is -0.118. The van der Waals surface area contributed by atoms with Crippen LogP contribution in [0.2, 0.25) is 0 Å². The minimum Gasteiger partial charge on any atom is -0.326 e. The Hall–Kier alpha value is -2.04. The maximum atomic E-state index is 12.6. The molecule has 1 aromatic rings. The number of likely N-dealkylation sites (tertiary alicyclic amines) is 1. The van der Waals surface area contributed by atoms with Crippen LogP contribution in [0.4, 0.5) is 16.2 Å². The van der Waals surface area contributed by atoms with Crippen LogP contribution in [-0.2, 0) is 4.79 Å². The van der Waals surface area contributed by atoms with E-state index in [-0.39, 0.29) is 17.9 Å². The lowest BCUT2D eigenvalue weighted by Crippen LogP contribution is -2.44. The molecule has 1 heterocycles. The summed E-state index contributed by atoms with van der Waals surface area (Å²) in [6, 6.07) is 5.53. The smallest absolute Gasteiger partial charge is 0.321 e. The number of piperidine rings is 1. The van der Waals surface area contributed by atoms with Crippen molar-refractivity contribution in [2.24, 2.45) is 17.8 Å². The molecule has 1 aromatic carbocycles. The molecule has 0 aromatic heterocycles. The Labute approximate surface area is 144 Å². The van der Waals surface area contributed by atoms with E-state index in [9.17, 15) is 9.59 Å². The highest BCUT2D eigenvalue weighted by molar-refractivity contribution is 5.94. The fourth-order valence-corrected chi connectivity index (χ4v) is 3.14. The Bertz CT molecular complexity index is 603. The molecule has 24 heavy (non-hydrogen) atoms. The van der Waals surface area contributed by atoms with Crippen LogP contribution in [-0.4, -0.2) is 29.9 Å². The number of nitrogens with one attached hydrogen (secondary N) is 2. The van der Waals surface area contributed by atoms with E-state index in [1.807, 2.05) is 43.9 Å². The molecule has 0 radical (unpaired) electrons. The minimum absolute atomic E-state index is 0.0326. The lowest BCUT2D eigenvalue weighted by atomic mass is 9.92. The number of amides is 3. The van der Waals surface area contributed by atoms with E-state index in [0.717, 1.165) is 24.3 Å². The monoisotopic (exact) mass is 331 g/mol. The molecule has 0 spiro atoms. The zero-order chi connectivity index (χ0) is 17.9. The van der Waals surface area contributed by atoms with Crippen LogP contribution >= 0.6 is 0 Å². The normalized spacial score (nSPS) is 20.8.